The van der Waals surface area contributed by atoms with E-state index in [0.717, 1.165) is 37.2 Å². The minimum Gasteiger partial charge on any atom is -0.493 e. The van der Waals surface area contributed by atoms with Crippen LogP contribution in [0.4, 0.5) is 5.69 Å². The molecule has 1 saturated heterocycles. The van der Waals surface area contributed by atoms with Crippen LogP contribution in [0.5, 0.6) is 11.5 Å². The lowest BCUT2D eigenvalue weighted by atomic mass is 10.0. The SMILES string of the molecule is COc1ccc(CCC(=O)NC2CCN(CC(=O)Nc3ccccc3)CC2)cc1OC. The van der Waals surface area contributed by atoms with Crippen LogP contribution in [0.1, 0.15) is 24.8 Å². The lowest BCUT2D eigenvalue weighted by molar-refractivity contribution is -0.122. The molecule has 1 fully saturated rings. The highest BCUT2D eigenvalue weighted by Crippen LogP contribution is 2.28. The van der Waals surface area contributed by atoms with Crippen molar-refractivity contribution >= 4 is 17.5 Å². The Hall–Kier alpha value is -3.06. The molecule has 2 aromatic carbocycles. The predicted octanol–water partition coefficient (Wildman–Crippen LogP) is 2.86. The lowest BCUT2D eigenvalue weighted by Crippen LogP contribution is -2.46. The van der Waals surface area contributed by atoms with E-state index in [1.807, 2.05) is 48.5 Å². The number of anilines is 1. The third kappa shape index (κ3) is 7.00. The molecule has 2 aromatic rings. The number of aryl methyl sites for hydroxylation is 1. The van der Waals surface area contributed by atoms with Gasteiger partial charge in [-0.25, -0.2) is 0 Å². The van der Waals surface area contributed by atoms with Gasteiger partial charge in [0, 0.05) is 31.2 Å². The molecule has 0 bridgehead atoms. The molecule has 2 amide bonds. The fourth-order valence-electron chi connectivity index (χ4n) is 3.75. The van der Waals surface area contributed by atoms with Crippen LogP contribution in [-0.4, -0.2) is 56.6 Å². The fourth-order valence-corrected chi connectivity index (χ4v) is 3.75. The number of para-hydroxylation sites is 1. The maximum absolute atomic E-state index is 12.4. The van der Waals surface area contributed by atoms with Crippen molar-refractivity contribution in [2.45, 2.75) is 31.7 Å². The first kappa shape index (κ1) is 22.6. The van der Waals surface area contributed by atoms with E-state index in [4.69, 9.17) is 9.47 Å². The van der Waals surface area contributed by atoms with Gasteiger partial charge in [-0.2, -0.15) is 0 Å². The molecule has 0 aromatic heterocycles. The van der Waals surface area contributed by atoms with Crippen LogP contribution in [-0.2, 0) is 16.0 Å². The Morgan fingerprint density at radius 1 is 0.968 bits per heavy atom. The van der Waals surface area contributed by atoms with Crippen LogP contribution in [0.3, 0.4) is 0 Å². The van der Waals surface area contributed by atoms with Gasteiger partial charge in [-0.05, 0) is 49.1 Å². The maximum atomic E-state index is 12.4. The molecule has 0 spiro atoms. The monoisotopic (exact) mass is 425 g/mol. The number of hydrogen-bond donors (Lipinski definition) is 2. The summed E-state index contributed by atoms with van der Waals surface area (Å²) >= 11 is 0. The molecule has 1 heterocycles. The van der Waals surface area contributed by atoms with Crippen LogP contribution >= 0.6 is 0 Å². The van der Waals surface area contributed by atoms with E-state index in [2.05, 4.69) is 15.5 Å². The van der Waals surface area contributed by atoms with Crippen LogP contribution < -0.4 is 20.1 Å². The van der Waals surface area contributed by atoms with Crippen molar-refractivity contribution in [1.29, 1.82) is 0 Å². The van der Waals surface area contributed by atoms with Gasteiger partial charge >= 0.3 is 0 Å². The molecule has 7 nitrogen and oxygen atoms in total. The van der Waals surface area contributed by atoms with E-state index >= 15 is 0 Å². The summed E-state index contributed by atoms with van der Waals surface area (Å²) in [5.41, 5.74) is 1.84. The Kier molecular flexibility index (Phi) is 8.29. The van der Waals surface area contributed by atoms with E-state index in [-0.39, 0.29) is 17.9 Å². The average molecular weight is 426 g/mol. The molecule has 1 aliphatic rings. The zero-order valence-electron chi connectivity index (χ0n) is 18.2. The number of piperidine rings is 1. The summed E-state index contributed by atoms with van der Waals surface area (Å²) in [6.45, 7) is 1.96. The number of rotatable bonds is 9. The van der Waals surface area contributed by atoms with Gasteiger partial charge in [0.1, 0.15) is 0 Å². The summed E-state index contributed by atoms with van der Waals surface area (Å²) in [4.78, 5) is 26.7. The van der Waals surface area contributed by atoms with Crippen molar-refractivity contribution < 1.29 is 19.1 Å². The van der Waals surface area contributed by atoms with Gasteiger partial charge in [0.25, 0.3) is 0 Å². The Morgan fingerprint density at radius 3 is 2.35 bits per heavy atom. The highest BCUT2D eigenvalue weighted by molar-refractivity contribution is 5.92. The van der Waals surface area contributed by atoms with Crippen molar-refractivity contribution in [3.05, 3.63) is 54.1 Å². The van der Waals surface area contributed by atoms with Gasteiger partial charge in [-0.3, -0.25) is 14.5 Å². The van der Waals surface area contributed by atoms with Crippen LogP contribution in [0.25, 0.3) is 0 Å². The number of benzene rings is 2. The number of methoxy groups -OCH3 is 2. The van der Waals surface area contributed by atoms with E-state index in [0.29, 0.717) is 30.9 Å². The zero-order chi connectivity index (χ0) is 22.1. The van der Waals surface area contributed by atoms with Crippen molar-refractivity contribution in [2.24, 2.45) is 0 Å². The van der Waals surface area contributed by atoms with Crippen molar-refractivity contribution in [1.82, 2.24) is 10.2 Å². The topological polar surface area (TPSA) is 79.9 Å². The summed E-state index contributed by atoms with van der Waals surface area (Å²) in [5.74, 6) is 1.39. The molecular weight excluding hydrogens is 394 g/mol. The largest absolute Gasteiger partial charge is 0.493 e. The van der Waals surface area contributed by atoms with E-state index in [1.165, 1.54) is 0 Å². The normalized spacial score (nSPS) is 14.6. The van der Waals surface area contributed by atoms with Crippen LogP contribution in [0.15, 0.2) is 48.5 Å². The Bertz CT molecular complexity index is 864. The lowest BCUT2D eigenvalue weighted by Gasteiger charge is -2.31. The van der Waals surface area contributed by atoms with E-state index in [1.54, 1.807) is 14.2 Å². The molecular formula is C24H31N3O4. The van der Waals surface area contributed by atoms with Crippen molar-refractivity contribution in [2.75, 3.05) is 39.2 Å². The van der Waals surface area contributed by atoms with Crippen LogP contribution in [0, 0.1) is 0 Å². The standard InChI is InChI=1S/C24H31N3O4/c1-30-21-10-8-18(16-22(21)31-2)9-11-23(28)25-20-12-14-27(15-13-20)17-24(29)26-19-6-4-3-5-7-19/h3-8,10,16,20H,9,11-15,17H2,1-2H3,(H,25,28)(H,26,29). The highest BCUT2D eigenvalue weighted by Gasteiger charge is 2.22. The number of amides is 2. The van der Waals surface area contributed by atoms with E-state index < -0.39 is 0 Å². The first-order chi connectivity index (χ1) is 15.1. The molecule has 166 valence electrons. The zero-order valence-corrected chi connectivity index (χ0v) is 18.2. The van der Waals surface area contributed by atoms with Crippen molar-refractivity contribution in [3.63, 3.8) is 0 Å². The number of nitrogens with one attached hydrogen (secondary N) is 2. The number of ether oxygens (including phenoxy) is 2. The first-order valence-electron chi connectivity index (χ1n) is 10.6. The second-order valence-electron chi connectivity index (χ2n) is 7.72. The second kappa shape index (κ2) is 11.4. The smallest absolute Gasteiger partial charge is 0.238 e. The molecule has 3 rings (SSSR count). The highest BCUT2D eigenvalue weighted by atomic mass is 16.5. The molecule has 0 saturated carbocycles. The number of nitrogens with zero attached hydrogens (tertiary/aromatic N) is 1. The molecule has 0 atom stereocenters. The maximum Gasteiger partial charge on any atom is 0.238 e. The third-order valence-electron chi connectivity index (χ3n) is 5.47. The van der Waals surface area contributed by atoms with Crippen molar-refractivity contribution in [3.8, 4) is 11.5 Å². The van der Waals surface area contributed by atoms with Gasteiger partial charge in [0.05, 0.1) is 20.8 Å². The molecule has 0 aliphatic carbocycles. The minimum absolute atomic E-state index is 0.0106. The predicted molar refractivity (Wildman–Crippen MR) is 121 cm³/mol. The Morgan fingerprint density at radius 2 is 1.68 bits per heavy atom. The molecule has 0 unspecified atom stereocenters. The second-order valence-corrected chi connectivity index (χ2v) is 7.72. The number of carbonyl (C=O) groups excluding carboxylic acids is 2. The number of likely N-dealkylation sites (tertiary alicyclic amines) is 1. The molecule has 1 aliphatic heterocycles. The molecule has 0 radical (unpaired) electrons. The summed E-state index contributed by atoms with van der Waals surface area (Å²) in [5, 5.41) is 6.04. The number of hydrogen-bond acceptors (Lipinski definition) is 5. The minimum atomic E-state index is -0.0106. The third-order valence-corrected chi connectivity index (χ3v) is 5.47. The summed E-state index contributed by atoms with van der Waals surface area (Å²) in [7, 11) is 3.21. The van der Waals surface area contributed by atoms with Gasteiger partial charge < -0.3 is 20.1 Å². The van der Waals surface area contributed by atoms with Gasteiger partial charge in [0.15, 0.2) is 11.5 Å². The van der Waals surface area contributed by atoms with Crippen LogP contribution in [0.2, 0.25) is 0 Å². The fraction of sp³-hybridized carbons (Fsp3) is 0.417. The molecule has 7 heteroatoms. The summed E-state index contributed by atoms with van der Waals surface area (Å²) in [6, 6.07) is 15.3. The van der Waals surface area contributed by atoms with E-state index in [9.17, 15) is 9.59 Å². The van der Waals surface area contributed by atoms with Gasteiger partial charge in [-0.1, -0.05) is 24.3 Å². The number of carbonyl (C=O) groups is 2. The summed E-state index contributed by atoms with van der Waals surface area (Å²) in [6.07, 6.45) is 2.77. The summed E-state index contributed by atoms with van der Waals surface area (Å²) < 4.78 is 10.6. The first-order valence-corrected chi connectivity index (χ1v) is 10.6. The van der Waals surface area contributed by atoms with Gasteiger partial charge in [-0.15, -0.1) is 0 Å². The average Bonchev–Trinajstić information content (AvgIpc) is 2.79. The molecule has 2 N–H and O–H groups in total. The quantitative estimate of drug-likeness (QED) is 0.646. The Labute approximate surface area is 183 Å². The van der Waals surface area contributed by atoms with Gasteiger partial charge in [0.2, 0.25) is 11.8 Å². The Balaban J connectivity index is 1.36. The molecule has 31 heavy (non-hydrogen) atoms.